The summed E-state index contributed by atoms with van der Waals surface area (Å²) in [5, 5.41) is 6.15. The van der Waals surface area contributed by atoms with Crippen LogP contribution in [0.15, 0.2) is 64.6 Å². The maximum absolute atomic E-state index is 13.3. The fraction of sp³-hybridized carbons (Fsp3) is 0.346. The molecule has 0 unspecified atom stereocenters. The van der Waals surface area contributed by atoms with Gasteiger partial charge in [0.2, 0.25) is 11.8 Å². The van der Waals surface area contributed by atoms with Gasteiger partial charge >= 0.3 is 0 Å². The van der Waals surface area contributed by atoms with Gasteiger partial charge in [-0.1, -0.05) is 54.2 Å². The van der Waals surface area contributed by atoms with Crippen LogP contribution >= 0.6 is 11.8 Å². The number of benzene rings is 2. The lowest BCUT2D eigenvalue weighted by molar-refractivity contribution is -0.125. The number of aliphatic imine (C=N–C) groups is 2. The average molecular weight is 508 g/mol. The molecule has 0 radical (unpaired) electrons. The number of thioether (sulfide) groups is 1. The number of ether oxygens (including phenoxy) is 1. The number of hydrogen-bond donors (Lipinski definition) is 2. The van der Waals surface area contributed by atoms with Gasteiger partial charge in [0.05, 0.1) is 11.4 Å². The molecule has 188 valence electrons. The summed E-state index contributed by atoms with van der Waals surface area (Å²) in [5.74, 6) is 0.128. The van der Waals surface area contributed by atoms with Crippen molar-refractivity contribution in [3.63, 3.8) is 0 Å². The van der Waals surface area contributed by atoms with Gasteiger partial charge in [-0.15, -0.1) is 0 Å². The number of rotatable bonds is 11. The Morgan fingerprint density at radius 3 is 2.64 bits per heavy atom. The van der Waals surface area contributed by atoms with Gasteiger partial charge in [0.25, 0.3) is 5.91 Å². The molecule has 2 heterocycles. The maximum Gasteiger partial charge on any atom is 0.259 e. The van der Waals surface area contributed by atoms with E-state index in [2.05, 4.69) is 20.6 Å². The summed E-state index contributed by atoms with van der Waals surface area (Å²) in [6.45, 7) is 1.53. The van der Waals surface area contributed by atoms with Crippen molar-refractivity contribution in [2.45, 2.75) is 31.8 Å². The highest BCUT2D eigenvalue weighted by Crippen LogP contribution is 2.34. The fourth-order valence-electron chi connectivity index (χ4n) is 3.87. The summed E-state index contributed by atoms with van der Waals surface area (Å²) in [4.78, 5) is 48.8. The SMILES string of the molecule is COCCCNC(=O)CSC1=Nc2ccccc2C2=N[C@@H](CCC(=O)NCc3ccccc3)C(=O)N12. The number of carbonyl (C=O) groups excluding carboxylic acids is 3. The topological polar surface area (TPSA) is 112 Å². The van der Waals surface area contributed by atoms with Crippen molar-refractivity contribution in [3.05, 3.63) is 65.7 Å². The number of para-hydroxylation sites is 1. The van der Waals surface area contributed by atoms with E-state index in [1.54, 1.807) is 7.11 Å². The molecule has 2 aromatic rings. The zero-order chi connectivity index (χ0) is 25.3. The first-order valence-corrected chi connectivity index (χ1v) is 12.8. The van der Waals surface area contributed by atoms with E-state index in [0.717, 1.165) is 17.5 Å². The van der Waals surface area contributed by atoms with E-state index >= 15 is 0 Å². The molecule has 0 aromatic heterocycles. The third-order valence-corrected chi connectivity index (χ3v) is 6.64. The Morgan fingerprint density at radius 1 is 1.06 bits per heavy atom. The summed E-state index contributed by atoms with van der Waals surface area (Å²) in [6, 6.07) is 16.4. The lowest BCUT2D eigenvalue weighted by atomic mass is 10.1. The standard InChI is InChI=1S/C26H29N5O4S/c1-35-15-7-14-27-23(33)17-36-26-30-20-11-6-5-10-19(20)24-29-21(25(34)31(24)26)12-13-22(32)28-16-18-8-3-2-4-9-18/h2-6,8-11,21H,7,12-17H2,1H3,(H,27,33)(H,28,32)/t21-/m0/s1. The van der Waals surface area contributed by atoms with E-state index < -0.39 is 6.04 Å². The number of amidine groups is 2. The molecular weight excluding hydrogens is 478 g/mol. The Hall–Kier alpha value is -3.50. The van der Waals surface area contributed by atoms with Crippen LogP contribution in [0.1, 0.15) is 30.4 Å². The van der Waals surface area contributed by atoms with Crippen LogP contribution < -0.4 is 10.6 Å². The van der Waals surface area contributed by atoms with Crippen molar-refractivity contribution in [1.29, 1.82) is 0 Å². The van der Waals surface area contributed by atoms with Crippen molar-refractivity contribution in [3.8, 4) is 0 Å². The summed E-state index contributed by atoms with van der Waals surface area (Å²) < 4.78 is 4.99. The monoisotopic (exact) mass is 507 g/mol. The van der Waals surface area contributed by atoms with Gasteiger partial charge in [0, 0.05) is 38.8 Å². The van der Waals surface area contributed by atoms with E-state index in [0.29, 0.717) is 42.8 Å². The van der Waals surface area contributed by atoms with Crippen molar-refractivity contribution < 1.29 is 19.1 Å². The third-order valence-electron chi connectivity index (χ3n) is 5.70. The van der Waals surface area contributed by atoms with E-state index in [1.807, 2.05) is 54.6 Å². The quantitative estimate of drug-likeness (QED) is 0.454. The van der Waals surface area contributed by atoms with Gasteiger partial charge in [-0.2, -0.15) is 0 Å². The summed E-state index contributed by atoms with van der Waals surface area (Å²) >= 11 is 1.20. The average Bonchev–Trinajstić information content (AvgIpc) is 3.24. The minimum absolute atomic E-state index is 0.123. The molecule has 2 aromatic carbocycles. The molecular formula is C26H29N5O4S. The van der Waals surface area contributed by atoms with E-state index in [9.17, 15) is 14.4 Å². The van der Waals surface area contributed by atoms with Crippen LogP contribution in [0, 0.1) is 0 Å². The summed E-state index contributed by atoms with van der Waals surface area (Å²) in [7, 11) is 1.62. The van der Waals surface area contributed by atoms with Crippen LogP contribution in [0.4, 0.5) is 5.69 Å². The minimum atomic E-state index is -0.678. The van der Waals surface area contributed by atoms with Crippen molar-refractivity contribution in [1.82, 2.24) is 15.5 Å². The predicted molar refractivity (Wildman–Crippen MR) is 140 cm³/mol. The number of hydrogen-bond acceptors (Lipinski definition) is 7. The van der Waals surface area contributed by atoms with Crippen LogP contribution in [0.2, 0.25) is 0 Å². The highest BCUT2D eigenvalue weighted by atomic mass is 32.2. The molecule has 10 heteroatoms. The van der Waals surface area contributed by atoms with Gasteiger partial charge in [-0.25, -0.2) is 9.89 Å². The molecule has 0 bridgehead atoms. The molecule has 3 amide bonds. The second-order valence-corrected chi connectivity index (χ2v) is 9.28. The predicted octanol–water partition coefficient (Wildman–Crippen LogP) is 2.63. The Balaban J connectivity index is 1.38. The molecule has 0 saturated carbocycles. The number of fused-ring (bicyclic) bond motifs is 3. The largest absolute Gasteiger partial charge is 0.385 e. The fourth-order valence-corrected chi connectivity index (χ4v) is 4.70. The molecule has 2 aliphatic heterocycles. The highest BCUT2D eigenvalue weighted by molar-refractivity contribution is 8.14. The second-order valence-electron chi connectivity index (χ2n) is 8.34. The minimum Gasteiger partial charge on any atom is -0.385 e. The van der Waals surface area contributed by atoms with Crippen molar-refractivity contribution in [2.24, 2.45) is 9.98 Å². The zero-order valence-electron chi connectivity index (χ0n) is 20.1. The molecule has 9 nitrogen and oxygen atoms in total. The van der Waals surface area contributed by atoms with Gasteiger partial charge in [-0.3, -0.25) is 19.4 Å². The molecule has 2 aliphatic rings. The summed E-state index contributed by atoms with van der Waals surface area (Å²) in [5.41, 5.74) is 2.47. The first kappa shape index (κ1) is 25.6. The van der Waals surface area contributed by atoms with E-state index in [1.165, 1.54) is 16.7 Å². The van der Waals surface area contributed by atoms with Crippen LogP contribution in [0.3, 0.4) is 0 Å². The molecule has 4 rings (SSSR count). The maximum atomic E-state index is 13.3. The molecule has 0 spiro atoms. The molecule has 2 N–H and O–H groups in total. The second kappa shape index (κ2) is 12.5. The molecule has 0 aliphatic carbocycles. The zero-order valence-corrected chi connectivity index (χ0v) is 20.9. The Morgan fingerprint density at radius 2 is 1.83 bits per heavy atom. The van der Waals surface area contributed by atoms with Crippen LogP contribution in [0.25, 0.3) is 0 Å². The van der Waals surface area contributed by atoms with Gasteiger partial charge in [0.15, 0.2) is 5.17 Å². The number of nitrogens with one attached hydrogen (secondary N) is 2. The number of nitrogens with zero attached hydrogens (tertiary/aromatic N) is 3. The first-order valence-electron chi connectivity index (χ1n) is 11.9. The van der Waals surface area contributed by atoms with Crippen molar-refractivity contribution >= 4 is 46.2 Å². The van der Waals surface area contributed by atoms with Crippen LogP contribution in [0.5, 0.6) is 0 Å². The number of carbonyl (C=O) groups is 3. The molecule has 0 saturated heterocycles. The third kappa shape index (κ3) is 6.38. The van der Waals surface area contributed by atoms with E-state index in [-0.39, 0.29) is 29.9 Å². The molecule has 36 heavy (non-hydrogen) atoms. The normalized spacial score (nSPS) is 16.1. The lowest BCUT2D eigenvalue weighted by Gasteiger charge is -2.25. The Bertz CT molecular complexity index is 1170. The Kier molecular flexibility index (Phi) is 8.85. The summed E-state index contributed by atoms with van der Waals surface area (Å²) in [6.07, 6.45) is 1.20. The number of methoxy groups -OCH3 is 1. The highest BCUT2D eigenvalue weighted by Gasteiger charge is 2.41. The lowest BCUT2D eigenvalue weighted by Crippen LogP contribution is -2.42. The molecule has 1 atom stereocenters. The van der Waals surface area contributed by atoms with Crippen molar-refractivity contribution in [2.75, 3.05) is 26.0 Å². The van der Waals surface area contributed by atoms with Crippen LogP contribution in [-0.4, -0.2) is 65.7 Å². The van der Waals surface area contributed by atoms with Gasteiger partial charge in [-0.05, 0) is 30.5 Å². The smallest absolute Gasteiger partial charge is 0.259 e. The van der Waals surface area contributed by atoms with E-state index in [4.69, 9.17) is 4.74 Å². The van der Waals surface area contributed by atoms with Gasteiger partial charge < -0.3 is 15.4 Å². The van der Waals surface area contributed by atoms with Gasteiger partial charge in [0.1, 0.15) is 11.9 Å². The first-order chi connectivity index (χ1) is 17.6. The van der Waals surface area contributed by atoms with Crippen LogP contribution in [-0.2, 0) is 25.7 Å². The Labute approximate surface area is 214 Å². The number of amides is 3. The molecule has 0 fully saturated rings.